The van der Waals surface area contributed by atoms with Gasteiger partial charge in [-0.25, -0.2) is 0 Å². The minimum absolute atomic E-state index is 0.00278. The van der Waals surface area contributed by atoms with Gasteiger partial charge in [-0.3, -0.25) is 4.79 Å². The second-order valence-electron chi connectivity index (χ2n) is 2.67. The maximum Gasteiger partial charge on any atom is 0.283 e. The lowest BCUT2D eigenvalue weighted by Gasteiger charge is -2.10. The van der Waals surface area contributed by atoms with E-state index in [1.807, 2.05) is 13.8 Å². The van der Waals surface area contributed by atoms with Crippen molar-refractivity contribution in [2.24, 2.45) is 0 Å². The molecule has 0 radical (unpaired) electrons. The smallest absolute Gasteiger partial charge is 0.283 e. The first-order chi connectivity index (χ1) is 5.59. The number of hydrogen-bond donors (Lipinski definition) is 0. The summed E-state index contributed by atoms with van der Waals surface area (Å²) in [5.74, 6) is 0. The zero-order valence-electron chi connectivity index (χ0n) is 6.95. The molecule has 0 N–H and O–H groups in total. The second kappa shape index (κ2) is 3.76. The van der Waals surface area contributed by atoms with Crippen molar-refractivity contribution in [2.45, 2.75) is 20.0 Å². The van der Waals surface area contributed by atoms with Gasteiger partial charge in [0.2, 0.25) is 0 Å². The van der Waals surface area contributed by atoms with Gasteiger partial charge in [-0.2, -0.15) is 4.73 Å². The quantitative estimate of drug-likeness (QED) is 0.772. The number of hydrogen-bond acceptors (Lipinski definition) is 2. The Morgan fingerprint density at radius 2 is 2.17 bits per heavy atom. The van der Waals surface area contributed by atoms with E-state index in [-0.39, 0.29) is 11.7 Å². The van der Waals surface area contributed by atoms with Crippen LogP contribution in [0.5, 0.6) is 0 Å². The number of aromatic nitrogens is 1. The van der Waals surface area contributed by atoms with Crippen molar-refractivity contribution in [2.75, 3.05) is 0 Å². The van der Waals surface area contributed by atoms with Crippen LogP contribution in [0.15, 0.2) is 27.6 Å². The first kappa shape index (κ1) is 9.32. The standard InChI is InChI=1S/C8H10BrNO2/c1-6(2)12-10-5-7(9)3-4-8(10)11/h3-6H,1-2H3. The third-order valence-corrected chi connectivity index (χ3v) is 1.64. The van der Waals surface area contributed by atoms with E-state index in [4.69, 9.17) is 4.84 Å². The summed E-state index contributed by atoms with van der Waals surface area (Å²) >= 11 is 3.25. The van der Waals surface area contributed by atoms with Crippen molar-refractivity contribution in [3.8, 4) is 0 Å². The zero-order valence-corrected chi connectivity index (χ0v) is 8.54. The highest BCUT2D eigenvalue weighted by molar-refractivity contribution is 9.10. The maximum absolute atomic E-state index is 11.1. The van der Waals surface area contributed by atoms with Crippen LogP contribution in [0.1, 0.15) is 13.8 Å². The van der Waals surface area contributed by atoms with Crippen LogP contribution < -0.4 is 10.4 Å². The first-order valence-corrected chi connectivity index (χ1v) is 4.44. The van der Waals surface area contributed by atoms with E-state index in [1.54, 1.807) is 12.3 Å². The molecule has 1 heterocycles. The van der Waals surface area contributed by atoms with Gasteiger partial charge in [0.15, 0.2) is 0 Å². The lowest BCUT2D eigenvalue weighted by molar-refractivity contribution is 0.0524. The van der Waals surface area contributed by atoms with Crippen LogP contribution in [0, 0.1) is 0 Å². The molecule has 0 unspecified atom stereocenters. The van der Waals surface area contributed by atoms with Crippen LogP contribution in [-0.2, 0) is 0 Å². The molecule has 0 spiro atoms. The van der Waals surface area contributed by atoms with E-state index in [1.165, 1.54) is 10.8 Å². The first-order valence-electron chi connectivity index (χ1n) is 3.65. The lowest BCUT2D eigenvalue weighted by Crippen LogP contribution is -2.29. The van der Waals surface area contributed by atoms with Crippen molar-refractivity contribution in [3.63, 3.8) is 0 Å². The van der Waals surface area contributed by atoms with Gasteiger partial charge in [0.1, 0.15) is 6.10 Å². The second-order valence-corrected chi connectivity index (χ2v) is 3.58. The van der Waals surface area contributed by atoms with Crippen molar-refractivity contribution >= 4 is 15.9 Å². The third-order valence-electron chi connectivity index (χ3n) is 1.17. The Kier molecular flexibility index (Phi) is 2.92. The summed E-state index contributed by atoms with van der Waals surface area (Å²) in [7, 11) is 0. The van der Waals surface area contributed by atoms with E-state index in [0.29, 0.717) is 0 Å². The van der Waals surface area contributed by atoms with Gasteiger partial charge >= 0.3 is 0 Å². The molecule has 0 aliphatic rings. The van der Waals surface area contributed by atoms with Crippen molar-refractivity contribution < 1.29 is 4.84 Å². The molecule has 0 aromatic carbocycles. The Labute approximate surface area is 79.1 Å². The van der Waals surface area contributed by atoms with E-state index >= 15 is 0 Å². The molecule has 0 saturated heterocycles. The lowest BCUT2D eigenvalue weighted by atomic mass is 10.5. The highest BCUT2D eigenvalue weighted by atomic mass is 79.9. The highest BCUT2D eigenvalue weighted by Gasteiger charge is 1.98. The van der Waals surface area contributed by atoms with Gasteiger partial charge in [0.25, 0.3) is 5.56 Å². The Balaban J connectivity index is 2.98. The summed E-state index contributed by atoms with van der Waals surface area (Å²) in [5, 5.41) is 0. The molecule has 4 heteroatoms. The molecule has 0 aliphatic carbocycles. The zero-order chi connectivity index (χ0) is 9.14. The van der Waals surface area contributed by atoms with Crippen molar-refractivity contribution in [1.82, 2.24) is 4.73 Å². The fourth-order valence-corrected chi connectivity index (χ4v) is 1.07. The van der Waals surface area contributed by atoms with Gasteiger partial charge in [0.05, 0.1) is 6.20 Å². The Bertz CT molecular complexity index is 319. The molecule has 0 aliphatic heterocycles. The molecule has 0 bridgehead atoms. The Morgan fingerprint density at radius 3 is 2.75 bits per heavy atom. The molecular weight excluding hydrogens is 222 g/mol. The predicted molar refractivity (Wildman–Crippen MR) is 50.1 cm³/mol. The summed E-state index contributed by atoms with van der Waals surface area (Å²) in [6.07, 6.45) is 1.60. The van der Waals surface area contributed by atoms with Crippen LogP contribution in [-0.4, -0.2) is 10.8 Å². The molecule has 0 atom stereocenters. The molecule has 12 heavy (non-hydrogen) atoms. The van der Waals surface area contributed by atoms with Crippen LogP contribution in [0.25, 0.3) is 0 Å². The monoisotopic (exact) mass is 231 g/mol. The summed E-state index contributed by atoms with van der Waals surface area (Å²) < 4.78 is 2.04. The van der Waals surface area contributed by atoms with Gasteiger partial charge in [0, 0.05) is 10.5 Å². The van der Waals surface area contributed by atoms with E-state index in [2.05, 4.69) is 15.9 Å². The van der Waals surface area contributed by atoms with Gasteiger partial charge in [-0.15, -0.1) is 0 Å². The average Bonchev–Trinajstić information content (AvgIpc) is 1.96. The normalized spacial score (nSPS) is 10.3. The minimum atomic E-state index is -0.160. The number of pyridine rings is 1. The maximum atomic E-state index is 11.1. The van der Waals surface area contributed by atoms with Gasteiger partial charge < -0.3 is 4.84 Å². The number of halogens is 1. The van der Waals surface area contributed by atoms with Crippen molar-refractivity contribution in [1.29, 1.82) is 0 Å². The number of rotatable bonds is 2. The van der Waals surface area contributed by atoms with Crippen LogP contribution in [0.4, 0.5) is 0 Å². The predicted octanol–water partition coefficient (Wildman–Crippen LogP) is 1.45. The van der Waals surface area contributed by atoms with Gasteiger partial charge in [-0.1, -0.05) is 0 Å². The molecule has 66 valence electrons. The molecule has 1 aromatic heterocycles. The number of nitrogens with zero attached hydrogens (tertiary/aromatic N) is 1. The summed E-state index contributed by atoms with van der Waals surface area (Å²) in [4.78, 5) is 16.3. The molecule has 0 saturated carbocycles. The molecule has 1 aromatic rings. The SMILES string of the molecule is CC(C)On1cc(Br)ccc1=O. The Hall–Kier alpha value is -0.770. The highest BCUT2D eigenvalue weighted by Crippen LogP contribution is 2.03. The fraction of sp³-hybridized carbons (Fsp3) is 0.375. The van der Waals surface area contributed by atoms with Crippen LogP contribution in [0.2, 0.25) is 0 Å². The van der Waals surface area contributed by atoms with Gasteiger partial charge in [-0.05, 0) is 35.8 Å². The average molecular weight is 232 g/mol. The molecule has 0 amide bonds. The van der Waals surface area contributed by atoms with Crippen LogP contribution in [0.3, 0.4) is 0 Å². The largest absolute Gasteiger partial charge is 0.408 e. The molecule has 1 rings (SSSR count). The fourth-order valence-electron chi connectivity index (χ4n) is 0.753. The minimum Gasteiger partial charge on any atom is -0.408 e. The topological polar surface area (TPSA) is 31.2 Å². The summed E-state index contributed by atoms with van der Waals surface area (Å²) in [6.45, 7) is 3.74. The van der Waals surface area contributed by atoms with E-state index < -0.39 is 0 Å². The summed E-state index contributed by atoms with van der Waals surface area (Å²) in [6, 6.07) is 3.13. The molecule has 0 fully saturated rings. The molecular formula is C8H10BrNO2. The van der Waals surface area contributed by atoms with Crippen molar-refractivity contribution in [3.05, 3.63) is 33.2 Å². The van der Waals surface area contributed by atoms with Crippen LogP contribution >= 0.6 is 15.9 Å². The summed E-state index contributed by atoms with van der Waals surface area (Å²) in [5.41, 5.74) is -0.160. The molecule has 3 nitrogen and oxygen atoms in total. The van der Waals surface area contributed by atoms with E-state index in [9.17, 15) is 4.79 Å². The van der Waals surface area contributed by atoms with E-state index in [0.717, 1.165) is 4.47 Å². The third kappa shape index (κ3) is 2.37. The Morgan fingerprint density at radius 1 is 1.50 bits per heavy atom.